The largest absolute Gasteiger partial charge is 0.395 e. The van der Waals surface area contributed by atoms with E-state index in [2.05, 4.69) is 0 Å². The Hall–Kier alpha value is -2.14. The van der Waals surface area contributed by atoms with Crippen LogP contribution in [-0.2, 0) is 9.59 Å². The third kappa shape index (κ3) is 4.93. The zero-order valence-electron chi connectivity index (χ0n) is 14.2. The number of hydrogen-bond acceptors (Lipinski definition) is 3. The van der Waals surface area contributed by atoms with Gasteiger partial charge in [0.15, 0.2) is 0 Å². The Morgan fingerprint density at radius 1 is 1.25 bits per heavy atom. The van der Waals surface area contributed by atoms with Crippen molar-refractivity contribution in [2.75, 3.05) is 32.8 Å². The molecule has 0 spiro atoms. The van der Waals surface area contributed by atoms with Gasteiger partial charge in [0.1, 0.15) is 0 Å². The minimum Gasteiger partial charge on any atom is -0.395 e. The lowest BCUT2D eigenvalue weighted by atomic mass is 9.95. The number of aliphatic hydroxyl groups excluding tert-OH is 1. The van der Waals surface area contributed by atoms with Crippen LogP contribution in [0.1, 0.15) is 25.3 Å². The van der Waals surface area contributed by atoms with Gasteiger partial charge >= 0.3 is 0 Å². The standard InChI is InChI=1S/C19H26N2O3/c1-2-20(14-15-22)19(24)17-10-12-21(13-11-17)18(23)9-8-16-6-4-3-5-7-16/h3-9,17,22H,2,10-15H2,1H3/b9-8+. The van der Waals surface area contributed by atoms with Crippen molar-refractivity contribution in [2.24, 2.45) is 5.92 Å². The van der Waals surface area contributed by atoms with Crippen molar-refractivity contribution in [1.29, 1.82) is 0 Å². The summed E-state index contributed by atoms with van der Waals surface area (Å²) in [5.74, 6) is 0.0459. The zero-order chi connectivity index (χ0) is 17.4. The van der Waals surface area contributed by atoms with E-state index in [0.29, 0.717) is 39.0 Å². The molecule has 5 heteroatoms. The Labute approximate surface area is 143 Å². The molecule has 0 saturated carbocycles. The number of benzene rings is 1. The van der Waals surface area contributed by atoms with E-state index in [1.807, 2.05) is 43.3 Å². The van der Waals surface area contributed by atoms with Crippen molar-refractivity contribution in [3.05, 3.63) is 42.0 Å². The average Bonchev–Trinajstić information content (AvgIpc) is 2.64. The van der Waals surface area contributed by atoms with Gasteiger partial charge in [-0.25, -0.2) is 0 Å². The van der Waals surface area contributed by atoms with E-state index >= 15 is 0 Å². The van der Waals surface area contributed by atoms with Gasteiger partial charge in [0, 0.05) is 38.2 Å². The molecule has 1 aromatic rings. The van der Waals surface area contributed by atoms with Gasteiger partial charge in [0.2, 0.25) is 11.8 Å². The lowest BCUT2D eigenvalue weighted by molar-refractivity contribution is -0.139. The number of nitrogens with zero attached hydrogens (tertiary/aromatic N) is 2. The van der Waals surface area contributed by atoms with Crippen LogP contribution in [-0.4, -0.2) is 59.5 Å². The minimum atomic E-state index is -0.0429. The third-order valence-electron chi connectivity index (χ3n) is 4.44. The minimum absolute atomic E-state index is 0.00698. The molecule has 0 bridgehead atoms. The smallest absolute Gasteiger partial charge is 0.246 e. The Morgan fingerprint density at radius 2 is 1.92 bits per heavy atom. The van der Waals surface area contributed by atoms with Crippen LogP contribution in [0.4, 0.5) is 0 Å². The van der Waals surface area contributed by atoms with E-state index in [9.17, 15) is 9.59 Å². The first-order chi connectivity index (χ1) is 11.7. The molecule has 1 aliphatic rings. The summed E-state index contributed by atoms with van der Waals surface area (Å²) in [4.78, 5) is 28.1. The molecule has 0 unspecified atom stereocenters. The van der Waals surface area contributed by atoms with E-state index in [4.69, 9.17) is 5.11 Å². The van der Waals surface area contributed by atoms with E-state index < -0.39 is 0 Å². The third-order valence-corrected chi connectivity index (χ3v) is 4.44. The van der Waals surface area contributed by atoms with Crippen LogP contribution in [0.5, 0.6) is 0 Å². The maximum atomic E-state index is 12.4. The lowest BCUT2D eigenvalue weighted by Crippen LogP contribution is -2.44. The first-order valence-electron chi connectivity index (χ1n) is 8.57. The number of likely N-dealkylation sites (tertiary alicyclic amines) is 1. The fourth-order valence-corrected chi connectivity index (χ4v) is 2.99. The Balaban J connectivity index is 1.84. The number of carbonyl (C=O) groups excluding carboxylic acids is 2. The number of carbonyl (C=O) groups is 2. The van der Waals surface area contributed by atoms with Gasteiger partial charge in [-0.05, 0) is 31.4 Å². The second-order valence-electron chi connectivity index (χ2n) is 5.99. The molecule has 0 aliphatic carbocycles. The second kappa shape index (κ2) is 9.23. The van der Waals surface area contributed by atoms with Crippen molar-refractivity contribution in [2.45, 2.75) is 19.8 Å². The summed E-state index contributed by atoms with van der Waals surface area (Å²) in [6.45, 7) is 4.10. The van der Waals surface area contributed by atoms with Crippen LogP contribution in [0.15, 0.2) is 36.4 Å². The molecule has 1 saturated heterocycles. The summed E-state index contributed by atoms with van der Waals surface area (Å²) in [5.41, 5.74) is 0.999. The number of amides is 2. The number of likely N-dealkylation sites (N-methyl/N-ethyl adjacent to an activating group) is 1. The van der Waals surface area contributed by atoms with Gasteiger partial charge in [-0.15, -0.1) is 0 Å². The number of piperidine rings is 1. The molecule has 1 aliphatic heterocycles. The van der Waals surface area contributed by atoms with Crippen molar-refractivity contribution in [1.82, 2.24) is 9.80 Å². The molecule has 1 N–H and O–H groups in total. The molecular formula is C19H26N2O3. The molecule has 1 aromatic carbocycles. The molecule has 2 amide bonds. The van der Waals surface area contributed by atoms with E-state index in [0.717, 1.165) is 5.56 Å². The van der Waals surface area contributed by atoms with E-state index in [-0.39, 0.29) is 24.3 Å². The summed E-state index contributed by atoms with van der Waals surface area (Å²) >= 11 is 0. The maximum Gasteiger partial charge on any atom is 0.246 e. The average molecular weight is 330 g/mol. The van der Waals surface area contributed by atoms with Gasteiger partial charge in [0.05, 0.1) is 6.61 Å². The Kier molecular flexibility index (Phi) is 7.00. The predicted molar refractivity (Wildman–Crippen MR) is 94.1 cm³/mol. The Bertz CT molecular complexity index is 563. The van der Waals surface area contributed by atoms with Crippen molar-refractivity contribution in [3.63, 3.8) is 0 Å². The molecule has 5 nitrogen and oxygen atoms in total. The first-order valence-corrected chi connectivity index (χ1v) is 8.57. The summed E-state index contributed by atoms with van der Waals surface area (Å²) < 4.78 is 0. The fourth-order valence-electron chi connectivity index (χ4n) is 2.99. The molecule has 24 heavy (non-hydrogen) atoms. The van der Waals surface area contributed by atoms with E-state index in [1.54, 1.807) is 15.9 Å². The fraction of sp³-hybridized carbons (Fsp3) is 0.474. The molecule has 1 fully saturated rings. The number of hydrogen-bond donors (Lipinski definition) is 1. The van der Waals surface area contributed by atoms with Gasteiger partial charge in [0.25, 0.3) is 0 Å². The quantitative estimate of drug-likeness (QED) is 0.809. The normalized spacial score (nSPS) is 15.7. The van der Waals surface area contributed by atoms with Crippen LogP contribution in [0, 0.1) is 5.92 Å². The molecule has 0 radical (unpaired) electrons. The first kappa shape index (κ1) is 18.2. The summed E-state index contributed by atoms with van der Waals surface area (Å²) in [5, 5.41) is 9.03. The lowest BCUT2D eigenvalue weighted by Gasteiger charge is -2.33. The molecule has 2 rings (SSSR count). The second-order valence-corrected chi connectivity index (χ2v) is 5.99. The van der Waals surface area contributed by atoms with Crippen LogP contribution in [0.2, 0.25) is 0 Å². The van der Waals surface area contributed by atoms with Gasteiger partial charge in [-0.3, -0.25) is 9.59 Å². The highest BCUT2D eigenvalue weighted by Gasteiger charge is 2.28. The zero-order valence-corrected chi connectivity index (χ0v) is 14.2. The Morgan fingerprint density at radius 3 is 2.50 bits per heavy atom. The molecule has 130 valence electrons. The van der Waals surface area contributed by atoms with Crippen LogP contribution >= 0.6 is 0 Å². The highest BCUT2D eigenvalue weighted by Crippen LogP contribution is 2.20. The summed E-state index contributed by atoms with van der Waals surface area (Å²) in [7, 11) is 0. The van der Waals surface area contributed by atoms with Gasteiger partial charge in [-0.2, -0.15) is 0 Å². The topological polar surface area (TPSA) is 60.9 Å². The van der Waals surface area contributed by atoms with Gasteiger partial charge in [-0.1, -0.05) is 30.3 Å². The summed E-state index contributed by atoms with van der Waals surface area (Å²) in [6, 6.07) is 9.72. The highest BCUT2D eigenvalue weighted by molar-refractivity contribution is 5.92. The van der Waals surface area contributed by atoms with Crippen molar-refractivity contribution >= 4 is 17.9 Å². The number of aliphatic hydroxyl groups is 1. The molecule has 1 heterocycles. The molecule has 0 atom stereocenters. The van der Waals surface area contributed by atoms with Crippen LogP contribution in [0.25, 0.3) is 6.08 Å². The molecule has 0 aromatic heterocycles. The number of rotatable bonds is 6. The molecular weight excluding hydrogens is 304 g/mol. The maximum absolute atomic E-state index is 12.4. The monoisotopic (exact) mass is 330 g/mol. The van der Waals surface area contributed by atoms with Gasteiger partial charge < -0.3 is 14.9 Å². The van der Waals surface area contributed by atoms with Crippen LogP contribution < -0.4 is 0 Å². The van der Waals surface area contributed by atoms with E-state index in [1.165, 1.54) is 0 Å². The van der Waals surface area contributed by atoms with Crippen molar-refractivity contribution < 1.29 is 14.7 Å². The summed E-state index contributed by atoms with van der Waals surface area (Å²) in [6.07, 6.45) is 4.79. The van der Waals surface area contributed by atoms with Crippen LogP contribution in [0.3, 0.4) is 0 Å². The SMILES string of the molecule is CCN(CCO)C(=O)C1CCN(C(=O)/C=C/c2ccccc2)CC1. The predicted octanol–water partition coefficient (Wildman–Crippen LogP) is 1.78. The van der Waals surface area contributed by atoms with Crippen molar-refractivity contribution in [3.8, 4) is 0 Å². The highest BCUT2D eigenvalue weighted by atomic mass is 16.3.